The van der Waals surface area contributed by atoms with E-state index in [0.29, 0.717) is 17.2 Å². The summed E-state index contributed by atoms with van der Waals surface area (Å²) in [4.78, 5) is 4.34. The fraction of sp³-hybridized carbons (Fsp3) is 0.389. The molecule has 0 radical (unpaired) electrons. The number of likely N-dealkylation sites (N-methyl/N-ethyl adjacent to an activating group) is 1. The lowest BCUT2D eigenvalue weighted by Crippen LogP contribution is -2.46. The molecular formula is C18H23ClN6OS. The second-order valence-electron chi connectivity index (χ2n) is 6.55. The van der Waals surface area contributed by atoms with Crippen LogP contribution in [0.25, 0.3) is 16.1 Å². The van der Waals surface area contributed by atoms with Crippen molar-refractivity contribution in [1.82, 2.24) is 15.1 Å². The number of aromatic nitrogens is 2. The van der Waals surface area contributed by atoms with Gasteiger partial charge in [-0.3, -0.25) is 0 Å². The van der Waals surface area contributed by atoms with Gasteiger partial charge in [-0.15, -0.1) is 10.2 Å². The van der Waals surface area contributed by atoms with Gasteiger partial charge >= 0.3 is 0 Å². The van der Waals surface area contributed by atoms with Gasteiger partial charge < -0.3 is 25.7 Å². The van der Waals surface area contributed by atoms with Gasteiger partial charge in [-0.1, -0.05) is 29.0 Å². The Morgan fingerprint density at radius 3 is 2.96 bits per heavy atom. The van der Waals surface area contributed by atoms with E-state index in [1.54, 1.807) is 6.07 Å². The van der Waals surface area contributed by atoms with Crippen molar-refractivity contribution in [2.75, 3.05) is 45.2 Å². The highest BCUT2D eigenvalue weighted by Crippen LogP contribution is 2.35. The van der Waals surface area contributed by atoms with E-state index in [-0.39, 0.29) is 6.10 Å². The molecule has 1 aromatic carbocycles. The Labute approximate surface area is 167 Å². The lowest BCUT2D eigenvalue weighted by atomic mass is 10.1. The van der Waals surface area contributed by atoms with Crippen LogP contribution in [0.2, 0.25) is 5.02 Å². The third-order valence-corrected chi connectivity index (χ3v) is 5.59. The van der Waals surface area contributed by atoms with Gasteiger partial charge in [-0.2, -0.15) is 0 Å². The summed E-state index contributed by atoms with van der Waals surface area (Å²) in [5.41, 5.74) is 7.78. The summed E-state index contributed by atoms with van der Waals surface area (Å²) >= 11 is 7.97. The Morgan fingerprint density at radius 2 is 2.30 bits per heavy atom. The van der Waals surface area contributed by atoms with E-state index in [0.717, 1.165) is 40.9 Å². The first-order valence-corrected chi connectivity index (χ1v) is 9.78. The van der Waals surface area contributed by atoms with E-state index < -0.39 is 0 Å². The smallest absolute Gasteiger partial charge is 0.208 e. The Kier molecular flexibility index (Phi) is 6.43. The van der Waals surface area contributed by atoms with Gasteiger partial charge in [0.15, 0.2) is 5.01 Å². The molecule has 2 heterocycles. The summed E-state index contributed by atoms with van der Waals surface area (Å²) in [6, 6.07) is 5.57. The molecule has 1 aromatic heterocycles. The highest BCUT2D eigenvalue weighted by atomic mass is 35.5. The van der Waals surface area contributed by atoms with E-state index in [1.165, 1.54) is 23.8 Å². The van der Waals surface area contributed by atoms with Crippen LogP contribution in [0.1, 0.15) is 5.56 Å². The highest BCUT2D eigenvalue weighted by Gasteiger charge is 2.24. The van der Waals surface area contributed by atoms with Crippen LogP contribution in [0.15, 0.2) is 24.4 Å². The van der Waals surface area contributed by atoms with E-state index in [2.05, 4.69) is 20.0 Å². The number of nitrogens with two attached hydrogens (primary N) is 1. The van der Waals surface area contributed by atoms with Crippen LogP contribution < -0.4 is 10.6 Å². The first kappa shape index (κ1) is 19.8. The summed E-state index contributed by atoms with van der Waals surface area (Å²) < 4.78 is 5.83. The predicted molar refractivity (Wildman–Crippen MR) is 112 cm³/mol. The van der Waals surface area contributed by atoms with Crippen molar-refractivity contribution >= 4 is 39.9 Å². The van der Waals surface area contributed by atoms with Gasteiger partial charge in [-0.25, -0.2) is 0 Å². The maximum Gasteiger partial charge on any atom is 0.208 e. The lowest BCUT2D eigenvalue weighted by Gasteiger charge is -2.33. The average Bonchev–Trinajstić information content (AvgIpc) is 3.12. The van der Waals surface area contributed by atoms with E-state index >= 15 is 0 Å². The van der Waals surface area contributed by atoms with Gasteiger partial charge in [0.1, 0.15) is 0 Å². The summed E-state index contributed by atoms with van der Waals surface area (Å²) in [5.74, 6) is 0. The monoisotopic (exact) mass is 406 g/mol. The molecule has 1 aliphatic heterocycles. The fourth-order valence-electron chi connectivity index (χ4n) is 2.96. The van der Waals surface area contributed by atoms with E-state index in [9.17, 15) is 0 Å². The zero-order chi connectivity index (χ0) is 19.4. The molecule has 0 saturated carbocycles. The zero-order valence-electron chi connectivity index (χ0n) is 15.4. The van der Waals surface area contributed by atoms with Crippen molar-refractivity contribution in [3.63, 3.8) is 0 Å². The third kappa shape index (κ3) is 4.65. The van der Waals surface area contributed by atoms with E-state index in [1.807, 2.05) is 26.2 Å². The van der Waals surface area contributed by atoms with Crippen LogP contribution in [0.5, 0.6) is 0 Å². The number of benzene rings is 1. The molecule has 9 heteroatoms. The molecule has 27 heavy (non-hydrogen) atoms. The Hall–Kier alpha value is -2.00. The number of morpholine rings is 1. The van der Waals surface area contributed by atoms with Crippen molar-refractivity contribution in [3.8, 4) is 10.6 Å². The number of nitrogens with one attached hydrogen (secondary N) is 1. The van der Waals surface area contributed by atoms with Crippen LogP contribution in [0.3, 0.4) is 0 Å². The summed E-state index contributed by atoms with van der Waals surface area (Å²) in [6.45, 7) is 3.15. The van der Waals surface area contributed by atoms with Crippen molar-refractivity contribution in [1.29, 1.82) is 5.41 Å². The molecule has 1 fully saturated rings. The molecule has 1 unspecified atom stereocenters. The number of rotatable bonds is 6. The van der Waals surface area contributed by atoms with Crippen LogP contribution >= 0.6 is 22.9 Å². The molecule has 7 nitrogen and oxygen atoms in total. The molecule has 0 spiro atoms. The minimum Gasteiger partial charge on any atom is -0.404 e. The summed E-state index contributed by atoms with van der Waals surface area (Å²) in [6.07, 6.45) is 2.76. The van der Waals surface area contributed by atoms with Gasteiger partial charge in [0.25, 0.3) is 0 Å². The Balaban J connectivity index is 1.78. The SMILES string of the molecule is CN(C)CC1CN(c2nnc(-c3ccc(/C(C=N)=C/N)cc3Cl)s2)CCO1. The molecule has 0 bridgehead atoms. The molecule has 1 saturated heterocycles. The molecular weight excluding hydrogens is 384 g/mol. The highest BCUT2D eigenvalue weighted by molar-refractivity contribution is 7.18. The topological polar surface area (TPSA) is 91.4 Å². The van der Waals surface area contributed by atoms with E-state index in [4.69, 9.17) is 27.5 Å². The molecule has 2 aromatic rings. The normalized spacial score (nSPS) is 18.1. The maximum atomic E-state index is 7.41. The zero-order valence-corrected chi connectivity index (χ0v) is 16.9. The number of allylic oxidation sites excluding steroid dienone is 1. The lowest BCUT2D eigenvalue weighted by molar-refractivity contribution is 0.0247. The number of hydrogen-bond acceptors (Lipinski definition) is 8. The maximum absolute atomic E-state index is 7.41. The van der Waals surface area contributed by atoms with Gasteiger partial charge in [0.05, 0.1) is 17.7 Å². The third-order valence-electron chi connectivity index (χ3n) is 4.26. The van der Waals surface area contributed by atoms with Crippen molar-refractivity contribution in [2.24, 2.45) is 5.73 Å². The van der Waals surface area contributed by atoms with Gasteiger partial charge in [0, 0.05) is 43.2 Å². The Bertz CT molecular complexity index is 837. The predicted octanol–water partition coefficient (Wildman–Crippen LogP) is 2.57. The summed E-state index contributed by atoms with van der Waals surface area (Å²) in [5, 5.41) is 18.3. The number of anilines is 1. The van der Waals surface area contributed by atoms with Crippen molar-refractivity contribution < 1.29 is 4.74 Å². The molecule has 0 amide bonds. The van der Waals surface area contributed by atoms with Crippen LogP contribution in [0, 0.1) is 5.41 Å². The van der Waals surface area contributed by atoms with Crippen LogP contribution in [-0.4, -0.2) is 67.8 Å². The second kappa shape index (κ2) is 8.79. The van der Waals surface area contributed by atoms with Crippen molar-refractivity contribution in [2.45, 2.75) is 6.10 Å². The fourth-order valence-corrected chi connectivity index (χ4v) is 4.20. The largest absolute Gasteiger partial charge is 0.404 e. The van der Waals surface area contributed by atoms with Gasteiger partial charge in [0.2, 0.25) is 5.13 Å². The summed E-state index contributed by atoms with van der Waals surface area (Å²) in [7, 11) is 4.08. The molecule has 1 aliphatic rings. The second-order valence-corrected chi connectivity index (χ2v) is 7.91. The standard InChI is InChI=1S/C18H23ClN6OS/c1-24(2)10-14-11-25(5-6-26-14)18-23-22-17(27-18)15-4-3-12(7-16(15)19)13(8-20)9-21/h3-4,7-9,14,20H,5-6,10-11,21H2,1-2H3/b13-9+,20-8?. The Morgan fingerprint density at radius 1 is 1.48 bits per heavy atom. The number of nitrogens with zero attached hydrogens (tertiary/aromatic N) is 4. The van der Waals surface area contributed by atoms with Crippen molar-refractivity contribution in [3.05, 3.63) is 35.0 Å². The molecule has 0 aliphatic carbocycles. The molecule has 1 atom stereocenters. The minimum atomic E-state index is 0.159. The molecule has 144 valence electrons. The quantitative estimate of drug-likeness (QED) is 0.716. The number of halogens is 1. The van der Waals surface area contributed by atoms with Crippen LogP contribution in [-0.2, 0) is 4.74 Å². The minimum absolute atomic E-state index is 0.159. The molecule has 3 N–H and O–H groups in total. The first-order chi connectivity index (χ1) is 13.0. The average molecular weight is 407 g/mol. The van der Waals surface area contributed by atoms with Gasteiger partial charge in [-0.05, 0) is 31.8 Å². The number of hydrogen-bond donors (Lipinski definition) is 2. The first-order valence-electron chi connectivity index (χ1n) is 8.59. The van der Waals surface area contributed by atoms with Crippen LogP contribution in [0.4, 0.5) is 5.13 Å². The molecule has 3 rings (SSSR count). The number of ether oxygens (including phenoxy) is 1.